The number of carbonyl (C=O) groups is 1. The molecule has 0 radical (unpaired) electrons. The number of carbonyl (C=O) groups excluding carboxylic acids is 1. The molecule has 21 heavy (non-hydrogen) atoms. The van der Waals surface area contributed by atoms with Gasteiger partial charge in [0.05, 0.1) is 12.3 Å². The van der Waals surface area contributed by atoms with Gasteiger partial charge in [-0.2, -0.15) is 14.0 Å². The van der Waals surface area contributed by atoms with E-state index in [1.165, 1.54) is 30.5 Å². The molecule has 0 saturated heterocycles. The first kappa shape index (κ1) is 14.7. The number of ketones is 1. The Bertz CT molecular complexity index is 671. The number of rotatable bonds is 5. The molecule has 0 amide bonds. The van der Waals surface area contributed by atoms with Crippen LogP contribution in [-0.2, 0) is 0 Å². The Morgan fingerprint density at radius 2 is 1.95 bits per heavy atom. The quantitative estimate of drug-likeness (QED) is 0.788. The Labute approximate surface area is 119 Å². The average molecular weight is 291 g/mol. The SMILES string of the molecule is Cc1ccoc1C(=O)C(C#N)c1ccc(OC(F)F)cc1. The largest absolute Gasteiger partial charge is 0.461 e. The first-order valence-electron chi connectivity index (χ1n) is 6.05. The lowest BCUT2D eigenvalue weighted by molar-refractivity contribution is -0.0498. The molecule has 4 nitrogen and oxygen atoms in total. The van der Waals surface area contributed by atoms with Crippen LogP contribution in [0.15, 0.2) is 41.0 Å². The van der Waals surface area contributed by atoms with E-state index in [1.54, 1.807) is 13.0 Å². The lowest BCUT2D eigenvalue weighted by atomic mass is 9.94. The van der Waals surface area contributed by atoms with E-state index in [9.17, 15) is 18.8 Å². The van der Waals surface area contributed by atoms with E-state index in [1.807, 2.05) is 6.07 Å². The summed E-state index contributed by atoms with van der Waals surface area (Å²) in [6.07, 6.45) is 1.37. The molecule has 0 fully saturated rings. The van der Waals surface area contributed by atoms with Gasteiger partial charge in [0.2, 0.25) is 5.78 Å². The van der Waals surface area contributed by atoms with Gasteiger partial charge < -0.3 is 9.15 Å². The molecule has 0 N–H and O–H groups in total. The summed E-state index contributed by atoms with van der Waals surface area (Å²) in [6.45, 7) is -1.22. The predicted molar refractivity (Wildman–Crippen MR) is 69.2 cm³/mol. The summed E-state index contributed by atoms with van der Waals surface area (Å²) in [7, 11) is 0. The zero-order chi connectivity index (χ0) is 15.4. The molecule has 0 aliphatic carbocycles. The summed E-state index contributed by atoms with van der Waals surface area (Å²) < 4.78 is 33.4. The number of hydrogen-bond acceptors (Lipinski definition) is 4. The van der Waals surface area contributed by atoms with Gasteiger partial charge in [0.1, 0.15) is 11.7 Å². The second-order valence-corrected chi connectivity index (χ2v) is 4.31. The molecule has 0 bridgehead atoms. The fourth-order valence-electron chi connectivity index (χ4n) is 1.88. The fraction of sp³-hybridized carbons (Fsp3) is 0.200. The third kappa shape index (κ3) is 3.26. The molecular weight excluding hydrogens is 280 g/mol. The highest BCUT2D eigenvalue weighted by Gasteiger charge is 2.25. The topological polar surface area (TPSA) is 63.2 Å². The van der Waals surface area contributed by atoms with Gasteiger partial charge in [-0.15, -0.1) is 0 Å². The van der Waals surface area contributed by atoms with Gasteiger partial charge in [-0.3, -0.25) is 4.79 Å². The van der Waals surface area contributed by atoms with Crippen LogP contribution in [0.25, 0.3) is 0 Å². The van der Waals surface area contributed by atoms with Crippen molar-refractivity contribution in [2.24, 2.45) is 0 Å². The van der Waals surface area contributed by atoms with Crippen LogP contribution < -0.4 is 4.74 Å². The second-order valence-electron chi connectivity index (χ2n) is 4.31. The van der Waals surface area contributed by atoms with Gasteiger partial charge in [0, 0.05) is 0 Å². The molecule has 0 aliphatic rings. The van der Waals surface area contributed by atoms with E-state index in [4.69, 9.17) is 4.42 Å². The van der Waals surface area contributed by atoms with E-state index in [2.05, 4.69) is 4.74 Å². The van der Waals surface area contributed by atoms with Gasteiger partial charge in [-0.05, 0) is 36.2 Å². The summed E-state index contributed by atoms with van der Waals surface area (Å²) in [5, 5.41) is 9.19. The molecule has 1 aromatic carbocycles. The van der Waals surface area contributed by atoms with Crippen molar-refractivity contribution in [3.8, 4) is 11.8 Å². The van der Waals surface area contributed by atoms with Crippen LogP contribution in [0.3, 0.4) is 0 Å². The highest BCUT2D eigenvalue weighted by Crippen LogP contribution is 2.25. The number of Topliss-reactive ketones (excluding diaryl/α,β-unsaturated/α-hetero) is 1. The van der Waals surface area contributed by atoms with Crippen LogP contribution in [0.4, 0.5) is 8.78 Å². The van der Waals surface area contributed by atoms with Crippen LogP contribution in [0.1, 0.15) is 27.6 Å². The number of halogens is 2. The third-order valence-corrected chi connectivity index (χ3v) is 2.92. The maximum atomic E-state index is 12.3. The van der Waals surface area contributed by atoms with Crippen molar-refractivity contribution in [2.75, 3.05) is 0 Å². The summed E-state index contributed by atoms with van der Waals surface area (Å²) >= 11 is 0. The molecule has 1 atom stereocenters. The fourth-order valence-corrected chi connectivity index (χ4v) is 1.88. The van der Waals surface area contributed by atoms with Crippen LogP contribution in [0.2, 0.25) is 0 Å². The van der Waals surface area contributed by atoms with E-state index in [0.29, 0.717) is 11.1 Å². The number of aryl methyl sites for hydroxylation is 1. The average Bonchev–Trinajstić information content (AvgIpc) is 2.87. The zero-order valence-corrected chi connectivity index (χ0v) is 11.0. The van der Waals surface area contributed by atoms with Crippen molar-refractivity contribution in [2.45, 2.75) is 19.5 Å². The van der Waals surface area contributed by atoms with Crippen molar-refractivity contribution >= 4 is 5.78 Å². The van der Waals surface area contributed by atoms with Gasteiger partial charge in [0.25, 0.3) is 0 Å². The molecule has 1 heterocycles. The van der Waals surface area contributed by atoms with Crippen molar-refractivity contribution in [1.29, 1.82) is 5.26 Å². The molecule has 1 aromatic heterocycles. The van der Waals surface area contributed by atoms with Crippen molar-refractivity contribution < 1.29 is 22.7 Å². The van der Waals surface area contributed by atoms with E-state index in [0.717, 1.165) is 0 Å². The minimum absolute atomic E-state index is 0.0351. The summed E-state index contributed by atoms with van der Waals surface area (Å²) in [5.41, 5.74) is 1.03. The van der Waals surface area contributed by atoms with Gasteiger partial charge in [0.15, 0.2) is 5.76 Å². The van der Waals surface area contributed by atoms with Crippen LogP contribution in [0, 0.1) is 18.3 Å². The molecule has 0 saturated carbocycles. The normalized spacial score (nSPS) is 12.0. The van der Waals surface area contributed by atoms with Crippen molar-refractivity contribution in [3.63, 3.8) is 0 Å². The Balaban J connectivity index is 2.24. The number of benzene rings is 1. The standard InChI is InChI=1S/C15H11F2NO3/c1-9-6-7-20-14(9)13(19)12(8-18)10-2-4-11(5-3-10)21-15(16)17/h2-7,12,15H,1H3. The number of alkyl halides is 2. The minimum Gasteiger partial charge on any atom is -0.461 e. The molecule has 0 spiro atoms. The van der Waals surface area contributed by atoms with Gasteiger partial charge in [-0.25, -0.2) is 0 Å². The molecule has 2 rings (SSSR count). The lowest BCUT2D eigenvalue weighted by Crippen LogP contribution is -2.11. The highest BCUT2D eigenvalue weighted by molar-refractivity contribution is 6.01. The second kappa shape index (κ2) is 6.18. The first-order valence-corrected chi connectivity index (χ1v) is 6.05. The van der Waals surface area contributed by atoms with E-state index in [-0.39, 0.29) is 11.5 Å². The summed E-state index contributed by atoms with van der Waals surface area (Å²) in [4.78, 5) is 12.3. The molecular formula is C15H11F2NO3. The zero-order valence-electron chi connectivity index (χ0n) is 11.0. The maximum Gasteiger partial charge on any atom is 0.387 e. The third-order valence-electron chi connectivity index (χ3n) is 2.92. The molecule has 1 unspecified atom stereocenters. The predicted octanol–water partition coefficient (Wildman–Crippen LogP) is 3.68. The Hall–Kier alpha value is -2.68. The molecule has 0 aliphatic heterocycles. The maximum absolute atomic E-state index is 12.3. The number of ether oxygens (including phenoxy) is 1. The first-order chi connectivity index (χ1) is 10.0. The van der Waals surface area contributed by atoms with Gasteiger partial charge >= 0.3 is 6.61 Å². The number of nitrogens with zero attached hydrogens (tertiary/aromatic N) is 1. The number of hydrogen-bond donors (Lipinski definition) is 0. The molecule has 6 heteroatoms. The Morgan fingerprint density at radius 3 is 2.43 bits per heavy atom. The summed E-state index contributed by atoms with van der Waals surface area (Å²) in [6, 6.07) is 8.90. The smallest absolute Gasteiger partial charge is 0.387 e. The Morgan fingerprint density at radius 1 is 1.29 bits per heavy atom. The number of furan rings is 1. The van der Waals surface area contributed by atoms with Crippen LogP contribution in [0.5, 0.6) is 5.75 Å². The Kier molecular flexibility index (Phi) is 4.33. The molecule has 108 valence electrons. The number of nitriles is 1. The lowest BCUT2D eigenvalue weighted by Gasteiger charge is -2.09. The van der Waals surface area contributed by atoms with Crippen molar-refractivity contribution in [3.05, 3.63) is 53.5 Å². The van der Waals surface area contributed by atoms with Crippen LogP contribution in [-0.4, -0.2) is 12.4 Å². The molecule has 2 aromatic rings. The minimum atomic E-state index is -2.92. The monoisotopic (exact) mass is 291 g/mol. The van der Waals surface area contributed by atoms with E-state index >= 15 is 0 Å². The van der Waals surface area contributed by atoms with E-state index < -0.39 is 18.3 Å². The highest BCUT2D eigenvalue weighted by atomic mass is 19.3. The van der Waals surface area contributed by atoms with Crippen LogP contribution >= 0.6 is 0 Å². The van der Waals surface area contributed by atoms with Gasteiger partial charge in [-0.1, -0.05) is 12.1 Å². The van der Waals surface area contributed by atoms with Crippen molar-refractivity contribution in [1.82, 2.24) is 0 Å². The summed E-state index contributed by atoms with van der Waals surface area (Å²) in [5.74, 6) is -1.44.